The number of benzene rings is 2. The van der Waals surface area contributed by atoms with Crippen LogP contribution < -0.4 is 5.32 Å². The number of aromatic nitrogens is 1. The van der Waals surface area contributed by atoms with Gasteiger partial charge in [-0.05, 0) is 44.0 Å². The molecule has 1 amide bonds. The van der Waals surface area contributed by atoms with E-state index in [9.17, 15) is 4.79 Å². The molecule has 0 saturated carbocycles. The summed E-state index contributed by atoms with van der Waals surface area (Å²) < 4.78 is 10.7. The van der Waals surface area contributed by atoms with Crippen LogP contribution in [-0.4, -0.2) is 30.3 Å². The summed E-state index contributed by atoms with van der Waals surface area (Å²) in [5, 5.41) is 7.22. The Morgan fingerprint density at radius 2 is 1.76 bits per heavy atom. The summed E-state index contributed by atoms with van der Waals surface area (Å²) in [6.07, 6.45) is 1.72. The van der Waals surface area contributed by atoms with E-state index in [1.54, 1.807) is 12.1 Å². The van der Waals surface area contributed by atoms with Crippen molar-refractivity contribution in [2.24, 2.45) is 0 Å². The van der Waals surface area contributed by atoms with E-state index in [4.69, 9.17) is 9.26 Å². The molecule has 0 spiro atoms. The second-order valence-electron chi connectivity index (χ2n) is 7.02. The zero-order valence-corrected chi connectivity index (χ0v) is 16.3. The maximum absolute atomic E-state index is 12.4. The van der Waals surface area contributed by atoms with Gasteiger partial charge in [0.05, 0.1) is 5.56 Å². The molecule has 4 rings (SSSR count). The molecular weight excluding hydrogens is 364 g/mol. The molecule has 146 valence electrons. The maximum atomic E-state index is 12.4. The Balaban J connectivity index is 1.49. The molecule has 1 N–H and O–H groups in total. The summed E-state index contributed by atoms with van der Waals surface area (Å²) in [7, 11) is 0. The van der Waals surface area contributed by atoms with Crippen LogP contribution in [0.1, 0.15) is 40.1 Å². The van der Waals surface area contributed by atoms with E-state index in [1.165, 1.54) is 0 Å². The Bertz CT molecular complexity index is 1040. The number of hydrogen-bond donors (Lipinski definition) is 1. The van der Waals surface area contributed by atoms with Crippen molar-refractivity contribution in [3.63, 3.8) is 0 Å². The molecule has 1 fully saturated rings. The normalized spacial score (nSPS) is 14.1. The minimum atomic E-state index is -0.0577. The minimum absolute atomic E-state index is 0.0577. The van der Waals surface area contributed by atoms with Gasteiger partial charge in [-0.25, -0.2) is 0 Å². The second kappa shape index (κ2) is 8.76. The topological polar surface area (TPSA) is 64.4 Å². The van der Waals surface area contributed by atoms with Crippen LogP contribution >= 0.6 is 0 Å². The fourth-order valence-corrected chi connectivity index (χ4v) is 3.26. The van der Waals surface area contributed by atoms with Crippen LogP contribution in [0, 0.1) is 18.8 Å². The van der Waals surface area contributed by atoms with E-state index in [-0.39, 0.29) is 11.9 Å². The fourth-order valence-electron chi connectivity index (χ4n) is 3.26. The van der Waals surface area contributed by atoms with Gasteiger partial charge in [-0.15, -0.1) is 0 Å². The molecule has 0 bridgehead atoms. The van der Waals surface area contributed by atoms with Crippen molar-refractivity contribution >= 4 is 5.91 Å². The third-order valence-corrected chi connectivity index (χ3v) is 4.95. The SMILES string of the molecule is Cc1onc(-c2ccccc2)c1C#Cc1ccc(C(=O)NC2CCOCC2)cc1. The third-order valence-electron chi connectivity index (χ3n) is 4.95. The first kappa shape index (κ1) is 19.0. The number of ether oxygens (including phenoxy) is 1. The Labute approximate surface area is 170 Å². The molecular formula is C24H22N2O3. The highest BCUT2D eigenvalue weighted by Gasteiger charge is 2.17. The van der Waals surface area contributed by atoms with Gasteiger partial charge in [-0.1, -0.05) is 47.3 Å². The van der Waals surface area contributed by atoms with Gasteiger partial charge in [0.1, 0.15) is 11.5 Å². The summed E-state index contributed by atoms with van der Waals surface area (Å²) in [4.78, 5) is 12.4. The van der Waals surface area contributed by atoms with Crippen molar-refractivity contribution in [2.45, 2.75) is 25.8 Å². The van der Waals surface area contributed by atoms with Crippen LogP contribution in [0.5, 0.6) is 0 Å². The number of rotatable bonds is 3. The molecule has 0 radical (unpaired) electrons. The lowest BCUT2D eigenvalue weighted by molar-refractivity contribution is 0.0696. The summed E-state index contributed by atoms with van der Waals surface area (Å²) in [6, 6.07) is 17.3. The number of aryl methyl sites for hydroxylation is 1. The average Bonchev–Trinajstić information content (AvgIpc) is 3.14. The summed E-state index contributed by atoms with van der Waals surface area (Å²) in [6.45, 7) is 3.26. The van der Waals surface area contributed by atoms with E-state index < -0.39 is 0 Å². The van der Waals surface area contributed by atoms with Gasteiger partial charge in [0, 0.05) is 35.9 Å². The van der Waals surface area contributed by atoms with E-state index in [1.807, 2.05) is 49.4 Å². The molecule has 1 saturated heterocycles. The van der Waals surface area contributed by atoms with Gasteiger partial charge < -0.3 is 14.6 Å². The van der Waals surface area contributed by atoms with Crippen molar-refractivity contribution in [2.75, 3.05) is 13.2 Å². The van der Waals surface area contributed by atoms with Crippen LogP contribution in [0.4, 0.5) is 0 Å². The molecule has 0 atom stereocenters. The number of hydrogen-bond acceptors (Lipinski definition) is 4. The zero-order valence-electron chi connectivity index (χ0n) is 16.3. The number of amides is 1. The van der Waals surface area contributed by atoms with Crippen LogP contribution in [0.2, 0.25) is 0 Å². The minimum Gasteiger partial charge on any atom is -0.381 e. The standard InChI is InChI=1S/C24H22N2O3/c1-17-22(23(26-29-17)19-5-3-2-4-6-19)12-9-18-7-10-20(11-8-18)24(27)25-21-13-15-28-16-14-21/h2-8,10-11,21H,13-16H2,1H3,(H,25,27). The van der Waals surface area contributed by atoms with Crippen molar-refractivity contribution in [1.29, 1.82) is 0 Å². The molecule has 0 unspecified atom stereocenters. The molecule has 1 aromatic heterocycles. The van der Waals surface area contributed by atoms with Gasteiger partial charge in [0.25, 0.3) is 5.91 Å². The Hall–Kier alpha value is -3.36. The number of nitrogens with zero attached hydrogens (tertiary/aromatic N) is 1. The quantitative estimate of drug-likeness (QED) is 0.692. The number of nitrogens with one attached hydrogen (secondary N) is 1. The summed E-state index contributed by atoms with van der Waals surface area (Å²) in [5.41, 5.74) is 3.94. The molecule has 3 aromatic rings. The van der Waals surface area contributed by atoms with Gasteiger partial charge in [-0.2, -0.15) is 0 Å². The predicted octanol–water partition coefficient (Wildman–Crippen LogP) is 3.96. The maximum Gasteiger partial charge on any atom is 0.251 e. The molecule has 0 aliphatic carbocycles. The first-order chi connectivity index (χ1) is 14.2. The predicted molar refractivity (Wildman–Crippen MR) is 110 cm³/mol. The first-order valence-corrected chi connectivity index (χ1v) is 9.73. The van der Waals surface area contributed by atoms with Crippen LogP contribution in [0.25, 0.3) is 11.3 Å². The monoisotopic (exact) mass is 386 g/mol. The highest BCUT2D eigenvalue weighted by atomic mass is 16.5. The van der Waals surface area contributed by atoms with Crippen molar-refractivity contribution in [3.05, 3.63) is 77.0 Å². The van der Waals surface area contributed by atoms with Crippen molar-refractivity contribution in [3.8, 4) is 23.1 Å². The lowest BCUT2D eigenvalue weighted by Gasteiger charge is -2.23. The molecule has 29 heavy (non-hydrogen) atoms. The lowest BCUT2D eigenvalue weighted by Crippen LogP contribution is -2.38. The fraction of sp³-hybridized carbons (Fsp3) is 0.250. The van der Waals surface area contributed by atoms with Crippen LogP contribution in [0.3, 0.4) is 0 Å². The molecule has 1 aliphatic rings. The van der Waals surface area contributed by atoms with Crippen LogP contribution in [-0.2, 0) is 4.74 Å². The van der Waals surface area contributed by atoms with E-state index >= 15 is 0 Å². The Morgan fingerprint density at radius 1 is 1.03 bits per heavy atom. The number of carbonyl (C=O) groups is 1. The van der Waals surface area contributed by atoms with Crippen molar-refractivity contribution in [1.82, 2.24) is 10.5 Å². The third kappa shape index (κ3) is 4.56. The zero-order chi connectivity index (χ0) is 20.1. The molecule has 5 nitrogen and oxygen atoms in total. The van der Waals surface area contributed by atoms with Crippen LogP contribution in [0.15, 0.2) is 59.1 Å². The molecule has 2 heterocycles. The largest absolute Gasteiger partial charge is 0.381 e. The Morgan fingerprint density at radius 3 is 2.48 bits per heavy atom. The Kier molecular flexibility index (Phi) is 5.73. The summed E-state index contributed by atoms with van der Waals surface area (Å²) >= 11 is 0. The second-order valence-corrected chi connectivity index (χ2v) is 7.02. The molecule has 2 aromatic carbocycles. The summed E-state index contributed by atoms with van der Waals surface area (Å²) in [5.74, 6) is 6.94. The van der Waals surface area contributed by atoms with E-state index in [0.29, 0.717) is 24.5 Å². The van der Waals surface area contributed by atoms with Gasteiger partial charge in [0.2, 0.25) is 0 Å². The smallest absolute Gasteiger partial charge is 0.251 e. The first-order valence-electron chi connectivity index (χ1n) is 9.73. The number of carbonyl (C=O) groups excluding carboxylic acids is 1. The highest BCUT2D eigenvalue weighted by Crippen LogP contribution is 2.24. The molecule has 5 heteroatoms. The van der Waals surface area contributed by atoms with Crippen molar-refractivity contribution < 1.29 is 14.1 Å². The molecule has 1 aliphatic heterocycles. The van der Waals surface area contributed by atoms with Gasteiger partial charge in [-0.3, -0.25) is 4.79 Å². The van der Waals surface area contributed by atoms with E-state index in [0.717, 1.165) is 35.2 Å². The lowest BCUT2D eigenvalue weighted by atomic mass is 10.1. The van der Waals surface area contributed by atoms with Gasteiger partial charge >= 0.3 is 0 Å². The highest BCUT2D eigenvalue weighted by molar-refractivity contribution is 5.94. The van der Waals surface area contributed by atoms with Gasteiger partial charge in [0.15, 0.2) is 0 Å². The van der Waals surface area contributed by atoms with E-state index in [2.05, 4.69) is 22.3 Å². The average molecular weight is 386 g/mol.